The molecule has 1 aliphatic rings. The summed E-state index contributed by atoms with van der Waals surface area (Å²) in [4.78, 5) is 31.1. The molecule has 0 radical (unpaired) electrons. The number of para-hydroxylation sites is 1. The summed E-state index contributed by atoms with van der Waals surface area (Å²) in [7, 11) is -3.12. The van der Waals surface area contributed by atoms with Crippen molar-refractivity contribution in [2.24, 2.45) is 0 Å². The van der Waals surface area contributed by atoms with Gasteiger partial charge in [0, 0.05) is 24.8 Å². The van der Waals surface area contributed by atoms with Crippen LogP contribution < -0.4 is 10.6 Å². The molecule has 3 N–H and O–H groups in total. The molecule has 12 heteroatoms. The Morgan fingerprint density at radius 3 is 2.33 bits per heavy atom. The molecule has 0 spiro atoms. The summed E-state index contributed by atoms with van der Waals surface area (Å²) in [6.45, 7) is 0.296. The highest BCUT2D eigenvalue weighted by Gasteiger charge is 2.25. The van der Waals surface area contributed by atoms with Crippen molar-refractivity contribution in [1.82, 2.24) is 9.88 Å². The highest BCUT2D eigenvalue weighted by Crippen LogP contribution is 2.20. The van der Waals surface area contributed by atoms with Gasteiger partial charge in [-0.15, -0.1) is 0 Å². The van der Waals surface area contributed by atoms with Crippen molar-refractivity contribution in [2.75, 3.05) is 35.2 Å². The smallest absolute Gasteiger partial charge is 0.258 e. The maximum atomic E-state index is 14.9. The Hall–Kier alpha value is -3.83. The summed E-state index contributed by atoms with van der Waals surface area (Å²) in [5, 5.41) is 13.9. The minimum Gasteiger partial charge on any atom is -0.355 e. The number of nitrogens with zero attached hydrogens (tertiary/aromatic N) is 2. The minimum atomic E-state index is -3.12. The Morgan fingerprint density at radius 1 is 0.972 bits per heavy atom. The maximum absolute atomic E-state index is 14.9. The van der Waals surface area contributed by atoms with Crippen molar-refractivity contribution in [3.05, 3.63) is 88.3 Å². The van der Waals surface area contributed by atoms with E-state index in [4.69, 9.17) is 17.0 Å². The molecule has 2 heterocycles. The van der Waals surface area contributed by atoms with Crippen molar-refractivity contribution in [3.63, 3.8) is 0 Å². The molecule has 2 amide bonds. The minimum absolute atomic E-state index is 0.0198. The Morgan fingerprint density at radius 2 is 1.67 bits per heavy atom. The first-order valence-corrected chi connectivity index (χ1v) is 13.0. The van der Waals surface area contributed by atoms with Gasteiger partial charge < -0.3 is 15.5 Å². The van der Waals surface area contributed by atoms with E-state index in [-0.39, 0.29) is 58.6 Å². The molecule has 1 saturated heterocycles. The number of anilines is 2. The number of hydrogen-bond donors (Lipinski definition) is 3. The first-order valence-electron chi connectivity index (χ1n) is 10.8. The van der Waals surface area contributed by atoms with Crippen LogP contribution in [0.25, 0.3) is 0 Å². The Kier molecular flexibility index (Phi) is 7.32. The monoisotopic (exact) mass is 529 g/mol. The molecule has 1 aliphatic heterocycles. The molecule has 0 aliphatic carbocycles. The lowest BCUT2D eigenvalue weighted by molar-refractivity contribution is 0.102. The van der Waals surface area contributed by atoms with Gasteiger partial charge in [-0.2, -0.15) is 0 Å². The predicted octanol–water partition coefficient (Wildman–Crippen LogP) is 3.43. The van der Waals surface area contributed by atoms with E-state index in [1.165, 1.54) is 36.5 Å². The summed E-state index contributed by atoms with van der Waals surface area (Å²) >= 11 is 5.81. The number of benzene rings is 2. The molecule has 0 saturated carbocycles. The summed E-state index contributed by atoms with van der Waals surface area (Å²) in [5.41, 5.74) is 0.252. The molecule has 0 unspecified atom stereocenters. The van der Waals surface area contributed by atoms with Crippen LogP contribution >= 0.6 is 11.6 Å². The highest BCUT2D eigenvalue weighted by molar-refractivity contribution is 7.91. The fraction of sp³-hybridized carbons (Fsp3) is 0.167. The fourth-order valence-corrected chi connectivity index (χ4v) is 4.89. The zero-order chi connectivity index (χ0) is 25.9. The van der Waals surface area contributed by atoms with Gasteiger partial charge in [-0.1, -0.05) is 29.8 Å². The Balaban J connectivity index is 1.48. The first kappa shape index (κ1) is 25.3. The molecule has 0 bridgehead atoms. The van der Waals surface area contributed by atoms with Gasteiger partial charge in [-0.05, 0) is 36.4 Å². The van der Waals surface area contributed by atoms with Crippen molar-refractivity contribution in [1.29, 1.82) is 5.41 Å². The van der Waals surface area contributed by atoms with Crippen LogP contribution in [0.4, 0.5) is 15.9 Å². The number of rotatable bonds is 5. The van der Waals surface area contributed by atoms with E-state index in [9.17, 15) is 22.4 Å². The number of halogens is 2. The van der Waals surface area contributed by atoms with Crippen LogP contribution in [0.2, 0.25) is 5.02 Å². The quantitative estimate of drug-likeness (QED) is 0.342. The van der Waals surface area contributed by atoms with E-state index in [1.807, 2.05) is 0 Å². The third-order valence-corrected chi connectivity index (χ3v) is 7.37. The van der Waals surface area contributed by atoms with Crippen LogP contribution in [0.1, 0.15) is 26.3 Å². The summed E-state index contributed by atoms with van der Waals surface area (Å²) < 4.78 is 38.1. The molecule has 1 aromatic heterocycles. The van der Waals surface area contributed by atoms with Gasteiger partial charge in [0.25, 0.3) is 11.8 Å². The Bertz CT molecular complexity index is 1430. The highest BCUT2D eigenvalue weighted by atomic mass is 35.5. The largest absolute Gasteiger partial charge is 0.355 e. The van der Waals surface area contributed by atoms with Crippen LogP contribution in [-0.2, 0) is 9.84 Å². The molecule has 0 atom stereocenters. The third kappa shape index (κ3) is 5.86. The number of nitrogens with one attached hydrogen (secondary N) is 3. The third-order valence-electron chi connectivity index (χ3n) is 5.54. The Labute approximate surface area is 211 Å². The molecule has 4 rings (SSSR count). The van der Waals surface area contributed by atoms with E-state index >= 15 is 0 Å². The zero-order valence-corrected chi connectivity index (χ0v) is 20.4. The lowest BCUT2D eigenvalue weighted by Crippen LogP contribution is -2.43. The summed E-state index contributed by atoms with van der Waals surface area (Å²) in [6.07, 6.45) is 1.38. The second-order valence-electron chi connectivity index (χ2n) is 8.00. The van der Waals surface area contributed by atoms with Gasteiger partial charge in [-0.25, -0.2) is 17.8 Å². The second-order valence-corrected chi connectivity index (χ2v) is 10.7. The molecular formula is C24H21ClFN5O4S. The SMILES string of the molecule is N=C(c1ccc(C(=O)Nc2ccccc2C(=O)Nc2ccc(Cl)cn2)c(F)c1)N1CCS(=O)(=O)CC1. The molecule has 36 heavy (non-hydrogen) atoms. The lowest BCUT2D eigenvalue weighted by Gasteiger charge is -2.29. The molecule has 2 aromatic carbocycles. The van der Waals surface area contributed by atoms with Crippen LogP contribution in [0.15, 0.2) is 60.8 Å². The van der Waals surface area contributed by atoms with Crippen molar-refractivity contribution in [2.45, 2.75) is 0 Å². The number of amidine groups is 1. The van der Waals surface area contributed by atoms with Crippen molar-refractivity contribution >= 4 is 50.6 Å². The lowest BCUT2D eigenvalue weighted by atomic mass is 10.1. The number of sulfone groups is 1. The molecular weight excluding hydrogens is 509 g/mol. The normalized spacial score (nSPS) is 14.7. The van der Waals surface area contributed by atoms with E-state index in [0.717, 1.165) is 6.07 Å². The van der Waals surface area contributed by atoms with Crippen LogP contribution in [0, 0.1) is 11.2 Å². The van der Waals surface area contributed by atoms with E-state index in [2.05, 4.69) is 15.6 Å². The number of aromatic nitrogens is 1. The number of amides is 2. The topological polar surface area (TPSA) is 132 Å². The fourth-order valence-electron chi connectivity index (χ4n) is 3.58. The van der Waals surface area contributed by atoms with Gasteiger partial charge >= 0.3 is 0 Å². The van der Waals surface area contributed by atoms with E-state index < -0.39 is 27.5 Å². The van der Waals surface area contributed by atoms with Crippen LogP contribution in [0.3, 0.4) is 0 Å². The first-order chi connectivity index (χ1) is 17.1. The molecule has 1 fully saturated rings. The number of hydrogen-bond acceptors (Lipinski definition) is 6. The summed E-state index contributed by atoms with van der Waals surface area (Å²) in [5.74, 6) is -2.06. The molecule has 186 valence electrons. The van der Waals surface area contributed by atoms with Gasteiger partial charge in [0.1, 0.15) is 17.5 Å². The van der Waals surface area contributed by atoms with Crippen LogP contribution in [0.5, 0.6) is 0 Å². The number of pyridine rings is 1. The van der Waals surface area contributed by atoms with E-state index in [1.54, 1.807) is 23.1 Å². The molecule has 9 nitrogen and oxygen atoms in total. The van der Waals surface area contributed by atoms with Crippen molar-refractivity contribution < 1.29 is 22.4 Å². The number of carbonyl (C=O) groups excluding carboxylic acids is 2. The second kappa shape index (κ2) is 10.4. The van der Waals surface area contributed by atoms with Gasteiger partial charge in [0.15, 0.2) is 9.84 Å². The van der Waals surface area contributed by atoms with Gasteiger partial charge in [-0.3, -0.25) is 15.0 Å². The summed E-state index contributed by atoms with van der Waals surface area (Å²) in [6, 6.07) is 13.1. The zero-order valence-electron chi connectivity index (χ0n) is 18.8. The van der Waals surface area contributed by atoms with Gasteiger partial charge in [0.05, 0.1) is 33.3 Å². The van der Waals surface area contributed by atoms with Crippen molar-refractivity contribution in [3.8, 4) is 0 Å². The number of carbonyl (C=O) groups is 2. The maximum Gasteiger partial charge on any atom is 0.258 e. The van der Waals surface area contributed by atoms with Crippen LogP contribution in [-0.4, -0.2) is 60.5 Å². The average molecular weight is 530 g/mol. The standard InChI is InChI=1S/C24H21ClFN5O4S/c25-16-6-8-21(28-14-16)30-24(33)18-3-1-2-4-20(18)29-23(32)17-7-5-15(13-19(17)26)22(27)31-9-11-36(34,35)12-10-31/h1-8,13-14,27H,9-12H2,(H,29,32)(H,28,30,33). The average Bonchev–Trinajstić information content (AvgIpc) is 2.85. The van der Waals surface area contributed by atoms with E-state index in [0.29, 0.717) is 5.02 Å². The van der Waals surface area contributed by atoms with Gasteiger partial charge in [0.2, 0.25) is 0 Å². The molecule has 3 aromatic rings. The predicted molar refractivity (Wildman–Crippen MR) is 135 cm³/mol.